The molecular formula is C13H18N2O3. The molecule has 1 aromatic heterocycles. The fourth-order valence-electron chi connectivity index (χ4n) is 2.49. The number of carbonyl (C=O) groups is 1. The van der Waals surface area contributed by atoms with Crippen LogP contribution in [0.2, 0.25) is 0 Å². The summed E-state index contributed by atoms with van der Waals surface area (Å²) in [6.45, 7) is 1.78. The Labute approximate surface area is 106 Å². The lowest BCUT2D eigenvalue weighted by atomic mass is 10.1. The SMILES string of the molecule is COC1CCCC1Nc1nccc(C)c1C(=O)O. The highest BCUT2D eigenvalue weighted by Crippen LogP contribution is 2.26. The lowest BCUT2D eigenvalue weighted by molar-refractivity contribution is 0.0696. The number of methoxy groups -OCH3 is 1. The van der Waals surface area contributed by atoms with Crippen molar-refractivity contribution < 1.29 is 14.6 Å². The molecule has 1 fully saturated rings. The Balaban J connectivity index is 2.23. The van der Waals surface area contributed by atoms with Gasteiger partial charge in [0.25, 0.3) is 0 Å². The monoisotopic (exact) mass is 250 g/mol. The molecule has 0 saturated heterocycles. The first-order valence-electron chi connectivity index (χ1n) is 6.11. The lowest BCUT2D eigenvalue weighted by Gasteiger charge is -2.21. The molecule has 0 aliphatic heterocycles. The minimum Gasteiger partial charge on any atom is -0.478 e. The maximum Gasteiger partial charge on any atom is 0.339 e. The van der Waals surface area contributed by atoms with Crippen LogP contribution in [0.15, 0.2) is 12.3 Å². The maximum atomic E-state index is 11.3. The van der Waals surface area contributed by atoms with Crippen molar-refractivity contribution in [3.05, 3.63) is 23.4 Å². The van der Waals surface area contributed by atoms with Crippen LogP contribution in [-0.2, 0) is 4.74 Å². The quantitative estimate of drug-likeness (QED) is 0.856. The molecule has 1 heterocycles. The summed E-state index contributed by atoms with van der Waals surface area (Å²) in [7, 11) is 1.69. The highest BCUT2D eigenvalue weighted by molar-refractivity contribution is 5.94. The number of hydrogen-bond acceptors (Lipinski definition) is 4. The van der Waals surface area contributed by atoms with Gasteiger partial charge in [0.2, 0.25) is 0 Å². The summed E-state index contributed by atoms with van der Waals surface area (Å²) in [6.07, 6.45) is 4.83. The number of ether oxygens (including phenoxy) is 1. The Hall–Kier alpha value is -1.62. The van der Waals surface area contributed by atoms with Crippen LogP contribution in [0.25, 0.3) is 0 Å². The molecule has 5 heteroatoms. The van der Waals surface area contributed by atoms with E-state index in [0.29, 0.717) is 11.4 Å². The van der Waals surface area contributed by atoms with Crippen molar-refractivity contribution in [2.75, 3.05) is 12.4 Å². The molecule has 2 N–H and O–H groups in total. The number of carboxylic acid groups (broad SMARTS) is 1. The topological polar surface area (TPSA) is 71.5 Å². The molecule has 1 aliphatic rings. The van der Waals surface area contributed by atoms with Gasteiger partial charge in [-0.3, -0.25) is 0 Å². The Bertz CT molecular complexity index is 448. The van der Waals surface area contributed by atoms with Gasteiger partial charge in [0, 0.05) is 13.3 Å². The van der Waals surface area contributed by atoms with Gasteiger partial charge >= 0.3 is 5.97 Å². The average Bonchev–Trinajstić information content (AvgIpc) is 2.76. The van der Waals surface area contributed by atoms with Crippen LogP contribution in [0.3, 0.4) is 0 Å². The number of aromatic nitrogens is 1. The third kappa shape index (κ3) is 2.46. The normalized spacial score (nSPS) is 23.0. The predicted octanol–water partition coefficient (Wildman–Crippen LogP) is 2.07. The number of nitrogens with one attached hydrogen (secondary N) is 1. The van der Waals surface area contributed by atoms with Gasteiger partial charge in [0.05, 0.1) is 12.1 Å². The summed E-state index contributed by atoms with van der Waals surface area (Å²) in [6, 6.07) is 1.85. The van der Waals surface area contributed by atoms with E-state index in [-0.39, 0.29) is 17.7 Å². The summed E-state index contributed by atoms with van der Waals surface area (Å²) in [5, 5.41) is 12.4. The first kappa shape index (κ1) is 12.8. The number of pyridine rings is 1. The molecule has 0 bridgehead atoms. The van der Waals surface area contributed by atoms with Gasteiger partial charge in [0.1, 0.15) is 11.4 Å². The zero-order chi connectivity index (χ0) is 13.1. The van der Waals surface area contributed by atoms with Gasteiger partial charge < -0.3 is 15.2 Å². The molecule has 2 unspecified atom stereocenters. The average molecular weight is 250 g/mol. The standard InChI is InChI=1S/C13H18N2O3/c1-8-6-7-14-12(11(8)13(16)17)15-9-4-3-5-10(9)18-2/h6-7,9-10H,3-5H2,1-2H3,(H,14,15)(H,16,17). The smallest absolute Gasteiger partial charge is 0.339 e. The van der Waals surface area contributed by atoms with Gasteiger partial charge in [-0.05, 0) is 37.8 Å². The number of aromatic carboxylic acids is 1. The third-order valence-electron chi connectivity index (χ3n) is 3.45. The number of aryl methyl sites for hydroxylation is 1. The zero-order valence-electron chi connectivity index (χ0n) is 10.6. The van der Waals surface area contributed by atoms with Crippen molar-refractivity contribution in [1.29, 1.82) is 0 Å². The maximum absolute atomic E-state index is 11.3. The van der Waals surface area contributed by atoms with E-state index >= 15 is 0 Å². The molecule has 1 saturated carbocycles. The third-order valence-corrected chi connectivity index (χ3v) is 3.45. The summed E-state index contributed by atoms with van der Waals surface area (Å²) in [4.78, 5) is 15.4. The highest BCUT2D eigenvalue weighted by atomic mass is 16.5. The Morgan fingerprint density at radius 1 is 1.56 bits per heavy atom. The molecule has 98 valence electrons. The van der Waals surface area contributed by atoms with Gasteiger partial charge in [-0.25, -0.2) is 9.78 Å². The van der Waals surface area contributed by atoms with E-state index in [1.165, 1.54) is 0 Å². The van der Waals surface area contributed by atoms with Crippen LogP contribution >= 0.6 is 0 Å². The Morgan fingerprint density at radius 2 is 2.33 bits per heavy atom. The molecule has 2 rings (SSSR count). The Morgan fingerprint density at radius 3 is 3.00 bits per heavy atom. The van der Waals surface area contributed by atoms with Crippen LogP contribution in [0, 0.1) is 6.92 Å². The van der Waals surface area contributed by atoms with Crippen molar-refractivity contribution in [3.8, 4) is 0 Å². The minimum absolute atomic E-state index is 0.133. The van der Waals surface area contributed by atoms with Crippen molar-refractivity contribution in [2.24, 2.45) is 0 Å². The van der Waals surface area contributed by atoms with Crippen LogP contribution in [0.1, 0.15) is 35.2 Å². The van der Waals surface area contributed by atoms with Gasteiger partial charge in [-0.1, -0.05) is 0 Å². The number of hydrogen-bond donors (Lipinski definition) is 2. The van der Waals surface area contributed by atoms with Crippen molar-refractivity contribution in [3.63, 3.8) is 0 Å². The molecule has 0 aromatic carbocycles. The van der Waals surface area contributed by atoms with E-state index in [4.69, 9.17) is 4.74 Å². The predicted molar refractivity (Wildman–Crippen MR) is 68.0 cm³/mol. The zero-order valence-corrected chi connectivity index (χ0v) is 10.6. The van der Waals surface area contributed by atoms with E-state index in [1.54, 1.807) is 26.3 Å². The molecule has 2 atom stereocenters. The molecule has 1 aliphatic carbocycles. The number of nitrogens with zero attached hydrogens (tertiary/aromatic N) is 1. The van der Waals surface area contributed by atoms with Crippen molar-refractivity contribution >= 4 is 11.8 Å². The second-order valence-corrected chi connectivity index (χ2v) is 4.61. The Kier molecular flexibility index (Phi) is 3.81. The molecule has 0 radical (unpaired) electrons. The molecule has 0 spiro atoms. The van der Waals surface area contributed by atoms with E-state index in [0.717, 1.165) is 19.3 Å². The van der Waals surface area contributed by atoms with Gasteiger partial charge in [-0.15, -0.1) is 0 Å². The van der Waals surface area contributed by atoms with E-state index < -0.39 is 5.97 Å². The van der Waals surface area contributed by atoms with Gasteiger partial charge in [-0.2, -0.15) is 0 Å². The van der Waals surface area contributed by atoms with Crippen LogP contribution in [0.4, 0.5) is 5.82 Å². The highest BCUT2D eigenvalue weighted by Gasteiger charge is 2.28. The van der Waals surface area contributed by atoms with Gasteiger partial charge in [0.15, 0.2) is 0 Å². The van der Waals surface area contributed by atoms with E-state index in [2.05, 4.69) is 10.3 Å². The second-order valence-electron chi connectivity index (χ2n) is 4.61. The fourth-order valence-corrected chi connectivity index (χ4v) is 2.49. The molecular weight excluding hydrogens is 232 g/mol. The summed E-state index contributed by atoms with van der Waals surface area (Å²) >= 11 is 0. The molecule has 0 amide bonds. The van der Waals surface area contributed by atoms with Crippen LogP contribution < -0.4 is 5.32 Å². The largest absolute Gasteiger partial charge is 0.478 e. The molecule has 5 nitrogen and oxygen atoms in total. The fraction of sp³-hybridized carbons (Fsp3) is 0.538. The number of carboxylic acids is 1. The summed E-state index contributed by atoms with van der Waals surface area (Å²) in [5.41, 5.74) is 0.964. The van der Waals surface area contributed by atoms with Crippen molar-refractivity contribution in [1.82, 2.24) is 4.98 Å². The van der Waals surface area contributed by atoms with Crippen molar-refractivity contribution in [2.45, 2.75) is 38.3 Å². The van der Waals surface area contributed by atoms with E-state index in [1.807, 2.05) is 0 Å². The first-order valence-corrected chi connectivity index (χ1v) is 6.11. The van der Waals surface area contributed by atoms with E-state index in [9.17, 15) is 9.90 Å². The molecule has 18 heavy (non-hydrogen) atoms. The summed E-state index contributed by atoms with van der Waals surface area (Å²) < 4.78 is 5.39. The second kappa shape index (κ2) is 5.35. The van der Waals surface area contributed by atoms with Crippen LogP contribution in [-0.4, -0.2) is 35.3 Å². The first-order chi connectivity index (χ1) is 8.63. The van der Waals surface area contributed by atoms with Crippen LogP contribution in [0.5, 0.6) is 0 Å². The lowest BCUT2D eigenvalue weighted by Crippen LogP contribution is -2.31. The number of anilines is 1. The number of rotatable bonds is 4. The molecule has 1 aromatic rings. The summed E-state index contributed by atoms with van der Waals surface area (Å²) in [5.74, 6) is -0.508. The minimum atomic E-state index is -0.949.